The molecule has 4 nitrogen and oxygen atoms in total. The lowest BCUT2D eigenvalue weighted by molar-refractivity contribution is 0.0951. The van der Waals surface area contributed by atoms with Crippen LogP contribution in [0.2, 0.25) is 0 Å². The Bertz CT molecular complexity index is 651. The molecule has 0 saturated heterocycles. The standard InChI is InChI=1S/C18H20N2O2/c1-3-9-16(14-10-5-4-6-11-14)19-20-18(21)15-12-7-8-13-17(15)22-2/h4-8,10-13H,3,9H2,1-2H3,(H,20,21)/b19-16+. The van der Waals surface area contributed by atoms with Crippen molar-refractivity contribution in [2.45, 2.75) is 19.8 Å². The molecule has 114 valence electrons. The lowest BCUT2D eigenvalue weighted by atomic mass is 10.1. The predicted octanol–water partition coefficient (Wildman–Crippen LogP) is 3.63. The molecule has 0 bridgehead atoms. The lowest BCUT2D eigenvalue weighted by Crippen LogP contribution is -2.20. The van der Waals surface area contributed by atoms with Gasteiger partial charge in [-0.25, -0.2) is 5.43 Å². The number of methoxy groups -OCH3 is 1. The molecule has 2 aromatic carbocycles. The number of rotatable bonds is 6. The van der Waals surface area contributed by atoms with Gasteiger partial charge in [0.2, 0.25) is 0 Å². The Morgan fingerprint density at radius 1 is 1.09 bits per heavy atom. The average Bonchev–Trinajstić information content (AvgIpc) is 2.59. The van der Waals surface area contributed by atoms with Gasteiger partial charge >= 0.3 is 0 Å². The predicted molar refractivity (Wildman–Crippen MR) is 88.3 cm³/mol. The first-order chi connectivity index (χ1) is 10.8. The molecule has 4 heteroatoms. The molecule has 0 aliphatic rings. The van der Waals surface area contributed by atoms with Crippen molar-refractivity contribution >= 4 is 11.6 Å². The lowest BCUT2D eigenvalue weighted by Gasteiger charge is -2.08. The maximum absolute atomic E-state index is 12.3. The molecule has 0 fully saturated rings. The fraction of sp³-hybridized carbons (Fsp3) is 0.222. The molecule has 0 spiro atoms. The summed E-state index contributed by atoms with van der Waals surface area (Å²) in [6.45, 7) is 2.08. The molecule has 2 aromatic rings. The van der Waals surface area contributed by atoms with E-state index in [4.69, 9.17) is 4.74 Å². The smallest absolute Gasteiger partial charge is 0.275 e. The monoisotopic (exact) mass is 296 g/mol. The topological polar surface area (TPSA) is 50.7 Å². The molecule has 0 radical (unpaired) electrons. The zero-order valence-corrected chi connectivity index (χ0v) is 12.9. The normalized spacial score (nSPS) is 11.1. The van der Waals surface area contributed by atoms with Crippen molar-refractivity contribution in [3.8, 4) is 5.75 Å². The number of carbonyl (C=O) groups is 1. The van der Waals surface area contributed by atoms with E-state index in [1.807, 2.05) is 36.4 Å². The van der Waals surface area contributed by atoms with Gasteiger partial charge in [-0.05, 0) is 24.1 Å². The van der Waals surface area contributed by atoms with Crippen LogP contribution in [0.15, 0.2) is 59.7 Å². The molecule has 0 atom stereocenters. The summed E-state index contributed by atoms with van der Waals surface area (Å²) in [5, 5.41) is 4.30. The Morgan fingerprint density at radius 2 is 1.77 bits per heavy atom. The zero-order chi connectivity index (χ0) is 15.8. The van der Waals surface area contributed by atoms with Crippen molar-refractivity contribution < 1.29 is 9.53 Å². The molecular weight excluding hydrogens is 276 g/mol. The molecule has 2 rings (SSSR count). The van der Waals surface area contributed by atoms with Gasteiger partial charge in [0.05, 0.1) is 18.4 Å². The number of para-hydroxylation sites is 1. The van der Waals surface area contributed by atoms with Crippen LogP contribution < -0.4 is 10.2 Å². The minimum absolute atomic E-state index is 0.276. The van der Waals surface area contributed by atoms with Gasteiger partial charge in [-0.1, -0.05) is 55.8 Å². The van der Waals surface area contributed by atoms with Crippen molar-refractivity contribution in [2.75, 3.05) is 7.11 Å². The Balaban J connectivity index is 2.19. The van der Waals surface area contributed by atoms with Crippen molar-refractivity contribution in [2.24, 2.45) is 5.10 Å². The summed E-state index contributed by atoms with van der Waals surface area (Å²) >= 11 is 0. The van der Waals surface area contributed by atoms with Gasteiger partial charge in [-0.3, -0.25) is 4.79 Å². The Labute approximate surface area is 130 Å². The molecule has 0 aliphatic heterocycles. The van der Waals surface area contributed by atoms with E-state index in [9.17, 15) is 4.79 Å². The quantitative estimate of drug-likeness (QED) is 0.653. The van der Waals surface area contributed by atoms with Gasteiger partial charge in [0, 0.05) is 0 Å². The van der Waals surface area contributed by atoms with E-state index in [0.717, 1.165) is 24.1 Å². The van der Waals surface area contributed by atoms with E-state index in [1.54, 1.807) is 25.3 Å². The summed E-state index contributed by atoms with van der Waals surface area (Å²) in [6.07, 6.45) is 1.76. The third-order valence-electron chi connectivity index (χ3n) is 3.24. The van der Waals surface area contributed by atoms with E-state index >= 15 is 0 Å². The third kappa shape index (κ3) is 3.95. The number of ether oxygens (including phenoxy) is 1. The molecule has 0 heterocycles. The summed E-state index contributed by atoms with van der Waals surface area (Å²) in [5.41, 5.74) is 4.98. The second-order valence-corrected chi connectivity index (χ2v) is 4.82. The number of benzene rings is 2. The summed E-state index contributed by atoms with van der Waals surface area (Å²) < 4.78 is 5.20. The van der Waals surface area contributed by atoms with Gasteiger partial charge in [0.25, 0.3) is 5.91 Å². The van der Waals surface area contributed by atoms with Crippen LogP contribution in [-0.2, 0) is 0 Å². The zero-order valence-electron chi connectivity index (χ0n) is 12.9. The van der Waals surface area contributed by atoms with E-state index in [2.05, 4.69) is 17.5 Å². The highest BCUT2D eigenvalue weighted by atomic mass is 16.5. The fourth-order valence-electron chi connectivity index (χ4n) is 2.14. The second-order valence-electron chi connectivity index (χ2n) is 4.82. The van der Waals surface area contributed by atoms with E-state index < -0.39 is 0 Å². The van der Waals surface area contributed by atoms with Gasteiger partial charge in [-0.15, -0.1) is 0 Å². The molecule has 22 heavy (non-hydrogen) atoms. The van der Waals surface area contributed by atoms with E-state index in [0.29, 0.717) is 11.3 Å². The van der Waals surface area contributed by atoms with E-state index in [1.165, 1.54) is 0 Å². The molecule has 0 aromatic heterocycles. The summed E-state index contributed by atoms with van der Waals surface area (Å²) in [4.78, 5) is 12.3. The van der Waals surface area contributed by atoms with Crippen LogP contribution in [0.5, 0.6) is 5.75 Å². The Hall–Kier alpha value is -2.62. The van der Waals surface area contributed by atoms with Crippen LogP contribution >= 0.6 is 0 Å². The highest BCUT2D eigenvalue weighted by Crippen LogP contribution is 2.17. The highest BCUT2D eigenvalue weighted by Gasteiger charge is 2.11. The largest absolute Gasteiger partial charge is 0.496 e. The highest BCUT2D eigenvalue weighted by molar-refractivity contribution is 6.02. The first-order valence-corrected chi connectivity index (χ1v) is 7.31. The van der Waals surface area contributed by atoms with Gasteiger partial charge in [0.1, 0.15) is 5.75 Å². The molecule has 1 N–H and O–H groups in total. The molecule has 1 amide bonds. The number of hydrogen-bond acceptors (Lipinski definition) is 3. The number of nitrogens with one attached hydrogen (secondary N) is 1. The maximum atomic E-state index is 12.3. The fourth-order valence-corrected chi connectivity index (χ4v) is 2.14. The molecule has 0 saturated carbocycles. The first-order valence-electron chi connectivity index (χ1n) is 7.31. The minimum Gasteiger partial charge on any atom is -0.496 e. The van der Waals surface area contributed by atoms with Crippen molar-refractivity contribution in [3.05, 3.63) is 65.7 Å². The van der Waals surface area contributed by atoms with Crippen LogP contribution in [0, 0.1) is 0 Å². The van der Waals surface area contributed by atoms with Crippen molar-refractivity contribution in [3.63, 3.8) is 0 Å². The van der Waals surface area contributed by atoms with Crippen LogP contribution in [0.1, 0.15) is 35.7 Å². The van der Waals surface area contributed by atoms with Crippen LogP contribution in [0.4, 0.5) is 0 Å². The summed E-state index contributed by atoms with van der Waals surface area (Å²) in [7, 11) is 1.54. The Morgan fingerprint density at radius 3 is 2.45 bits per heavy atom. The SMILES string of the molecule is CCC/C(=N\NC(=O)c1ccccc1OC)c1ccccc1. The van der Waals surface area contributed by atoms with Crippen LogP contribution in [0.25, 0.3) is 0 Å². The Kier molecular flexibility index (Phi) is 5.72. The molecule has 0 aliphatic carbocycles. The van der Waals surface area contributed by atoms with E-state index in [-0.39, 0.29) is 5.91 Å². The first kappa shape index (κ1) is 15.8. The maximum Gasteiger partial charge on any atom is 0.275 e. The number of hydrogen-bond donors (Lipinski definition) is 1. The van der Waals surface area contributed by atoms with Crippen molar-refractivity contribution in [1.82, 2.24) is 5.43 Å². The number of nitrogens with zero attached hydrogens (tertiary/aromatic N) is 1. The van der Waals surface area contributed by atoms with Crippen LogP contribution in [-0.4, -0.2) is 18.7 Å². The summed E-state index contributed by atoms with van der Waals surface area (Å²) in [5.74, 6) is 0.258. The van der Waals surface area contributed by atoms with Crippen LogP contribution in [0.3, 0.4) is 0 Å². The van der Waals surface area contributed by atoms with Gasteiger partial charge < -0.3 is 4.74 Å². The molecule has 0 unspecified atom stereocenters. The number of amides is 1. The average molecular weight is 296 g/mol. The van der Waals surface area contributed by atoms with Gasteiger partial charge in [-0.2, -0.15) is 5.10 Å². The van der Waals surface area contributed by atoms with Gasteiger partial charge in [0.15, 0.2) is 0 Å². The minimum atomic E-state index is -0.276. The third-order valence-corrected chi connectivity index (χ3v) is 3.24. The molecular formula is C18H20N2O2. The second kappa shape index (κ2) is 7.98. The number of hydrazone groups is 1. The van der Waals surface area contributed by atoms with Crippen molar-refractivity contribution in [1.29, 1.82) is 0 Å². The summed E-state index contributed by atoms with van der Waals surface area (Å²) in [6, 6.07) is 16.9. The number of carbonyl (C=O) groups excluding carboxylic acids is 1.